The van der Waals surface area contributed by atoms with E-state index in [1.807, 2.05) is 0 Å². The summed E-state index contributed by atoms with van der Waals surface area (Å²) in [4.78, 5) is 36.2. The van der Waals surface area contributed by atoms with Gasteiger partial charge in [0.25, 0.3) is 0 Å². The molecule has 7 nitrogen and oxygen atoms in total. The maximum atomic E-state index is 12.7. The fourth-order valence-electron chi connectivity index (χ4n) is 5.69. The van der Waals surface area contributed by atoms with Gasteiger partial charge in [-0.15, -0.1) is 0 Å². The van der Waals surface area contributed by atoms with Crippen molar-refractivity contribution in [1.82, 2.24) is 5.32 Å². The lowest BCUT2D eigenvalue weighted by Crippen LogP contribution is -2.40. The van der Waals surface area contributed by atoms with Crippen LogP contribution >= 0.6 is 0 Å². The summed E-state index contributed by atoms with van der Waals surface area (Å²) in [6, 6.07) is -0.870. The molecule has 0 radical (unpaired) electrons. The minimum atomic E-state index is -1.02. The second-order valence-electron chi connectivity index (χ2n) is 13.7. The number of nitrogens with one attached hydrogen (secondary N) is 1. The Labute approximate surface area is 318 Å². The Hall–Kier alpha value is -3.19. The van der Waals surface area contributed by atoms with Gasteiger partial charge in [0.15, 0.2) is 0 Å². The zero-order chi connectivity index (χ0) is 38.2. The van der Waals surface area contributed by atoms with Crippen molar-refractivity contribution in [3.8, 4) is 0 Å². The largest absolute Gasteiger partial charge is 0.480 e. The Morgan fingerprint density at radius 3 is 1.58 bits per heavy atom. The molecule has 2 unspecified atom stereocenters. The molecule has 0 aromatic carbocycles. The first kappa shape index (κ1) is 48.8. The normalized spacial score (nSPS) is 13.4. The van der Waals surface area contributed by atoms with Crippen LogP contribution in [0, 0.1) is 0 Å². The second-order valence-corrected chi connectivity index (χ2v) is 13.7. The molecule has 2 atom stereocenters. The van der Waals surface area contributed by atoms with Crippen molar-refractivity contribution in [2.45, 2.75) is 187 Å². The monoisotopic (exact) mass is 725 g/mol. The van der Waals surface area contributed by atoms with Gasteiger partial charge in [0.2, 0.25) is 5.91 Å². The van der Waals surface area contributed by atoms with Crippen LogP contribution in [-0.4, -0.2) is 41.6 Å². The van der Waals surface area contributed by atoms with Crippen LogP contribution in [0.25, 0.3) is 0 Å². The Balaban J connectivity index is 4.23. The third-order valence-electron chi connectivity index (χ3n) is 8.79. The van der Waals surface area contributed by atoms with Crippen molar-refractivity contribution in [3.63, 3.8) is 0 Å². The molecular formula is C45H76N2O5. The molecule has 0 rings (SSSR count). The molecule has 0 saturated carbocycles. The number of ether oxygens (including phenoxy) is 1. The molecular weight excluding hydrogens is 649 g/mol. The van der Waals surface area contributed by atoms with Crippen molar-refractivity contribution in [3.05, 3.63) is 72.9 Å². The van der Waals surface area contributed by atoms with Crippen molar-refractivity contribution in [2.24, 2.45) is 5.73 Å². The van der Waals surface area contributed by atoms with Gasteiger partial charge in [-0.25, -0.2) is 4.79 Å². The third-order valence-corrected chi connectivity index (χ3v) is 8.79. The van der Waals surface area contributed by atoms with Crippen LogP contribution in [-0.2, 0) is 19.1 Å². The zero-order valence-corrected chi connectivity index (χ0v) is 33.1. The number of allylic oxidation sites excluding steroid dienone is 12. The number of esters is 1. The second kappa shape index (κ2) is 39.0. The maximum absolute atomic E-state index is 12.7. The number of hydrogen-bond donors (Lipinski definition) is 3. The Kier molecular flexibility index (Phi) is 36.6. The molecule has 0 fully saturated rings. The summed E-state index contributed by atoms with van der Waals surface area (Å²) in [5.41, 5.74) is 5.47. The fourth-order valence-corrected chi connectivity index (χ4v) is 5.69. The summed E-state index contributed by atoms with van der Waals surface area (Å²) in [5.74, 6) is -1.32. The van der Waals surface area contributed by atoms with E-state index in [4.69, 9.17) is 10.5 Å². The number of hydrogen-bond acceptors (Lipinski definition) is 5. The van der Waals surface area contributed by atoms with Crippen LogP contribution in [0.2, 0.25) is 0 Å². The topological polar surface area (TPSA) is 119 Å². The van der Waals surface area contributed by atoms with Gasteiger partial charge in [-0.05, 0) is 109 Å². The van der Waals surface area contributed by atoms with Crippen LogP contribution in [0.1, 0.15) is 174 Å². The van der Waals surface area contributed by atoms with E-state index in [1.54, 1.807) is 0 Å². The molecule has 296 valence electrons. The van der Waals surface area contributed by atoms with Crippen LogP contribution < -0.4 is 11.1 Å². The summed E-state index contributed by atoms with van der Waals surface area (Å²) in [6.07, 6.45) is 49.5. The lowest BCUT2D eigenvalue weighted by Gasteiger charge is -2.18. The van der Waals surface area contributed by atoms with E-state index in [9.17, 15) is 19.5 Å². The molecule has 4 N–H and O–H groups in total. The lowest BCUT2D eigenvalue weighted by atomic mass is 10.0. The predicted molar refractivity (Wildman–Crippen MR) is 220 cm³/mol. The molecule has 0 heterocycles. The van der Waals surface area contributed by atoms with Crippen LogP contribution in [0.15, 0.2) is 72.9 Å². The van der Waals surface area contributed by atoms with Gasteiger partial charge >= 0.3 is 11.9 Å². The Bertz CT molecular complexity index is 1040. The van der Waals surface area contributed by atoms with E-state index in [2.05, 4.69) is 92.1 Å². The molecule has 0 spiro atoms. The number of carbonyl (C=O) groups is 3. The number of nitrogens with two attached hydrogens (primary N) is 1. The molecule has 0 aromatic heterocycles. The minimum Gasteiger partial charge on any atom is -0.480 e. The number of amides is 1. The van der Waals surface area contributed by atoms with Crippen molar-refractivity contribution >= 4 is 17.8 Å². The predicted octanol–water partition coefficient (Wildman–Crippen LogP) is 11.6. The van der Waals surface area contributed by atoms with Gasteiger partial charge in [0.1, 0.15) is 12.1 Å². The highest BCUT2D eigenvalue weighted by Gasteiger charge is 2.19. The number of rotatable bonds is 36. The number of unbranched alkanes of at least 4 members (excludes halogenated alkanes) is 10. The standard InChI is InChI=1S/C45H76N2O5/c1-3-5-7-9-11-12-13-14-15-16-17-18-19-20-21-22-23-24-25-27-33-39-44(49)52-41(35-30-26-10-8-6-4-2)36-31-28-29-32-38-43(48)47-42(45(50)51)37-34-40-46/h5,7,11-12,14-15,17-18,20-21,23-24,41-42H,3-4,6,8-10,13,16,19,22,25-40,46H2,1-2H3,(H,47,48)(H,50,51)/b7-5-,12-11-,15-14-,18-17-,21-20-,24-23-. The summed E-state index contributed by atoms with van der Waals surface area (Å²) < 4.78 is 5.96. The first-order valence-corrected chi connectivity index (χ1v) is 20.8. The first-order valence-electron chi connectivity index (χ1n) is 20.8. The Morgan fingerprint density at radius 2 is 1.06 bits per heavy atom. The molecule has 0 saturated heterocycles. The Morgan fingerprint density at radius 1 is 0.577 bits per heavy atom. The summed E-state index contributed by atoms with van der Waals surface area (Å²) in [6.45, 7) is 4.78. The average Bonchev–Trinajstić information content (AvgIpc) is 3.13. The molecule has 1 amide bonds. The maximum Gasteiger partial charge on any atom is 0.326 e. The van der Waals surface area contributed by atoms with Gasteiger partial charge in [-0.1, -0.05) is 132 Å². The number of aliphatic carboxylic acids is 1. The molecule has 0 aliphatic carbocycles. The number of carboxylic acids is 1. The van der Waals surface area contributed by atoms with E-state index in [0.29, 0.717) is 38.6 Å². The van der Waals surface area contributed by atoms with E-state index >= 15 is 0 Å². The smallest absolute Gasteiger partial charge is 0.326 e. The van der Waals surface area contributed by atoms with Gasteiger partial charge in [-0.3, -0.25) is 9.59 Å². The number of carboxylic acid groups (broad SMARTS) is 1. The summed E-state index contributed by atoms with van der Waals surface area (Å²) >= 11 is 0. The lowest BCUT2D eigenvalue weighted by molar-refractivity contribution is -0.150. The molecule has 0 bridgehead atoms. The van der Waals surface area contributed by atoms with E-state index in [1.165, 1.54) is 32.1 Å². The molecule has 52 heavy (non-hydrogen) atoms. The van der Waals surface area contributed by atoms with Gasteiger partial charge in [-0.2, -0.15) is 0 Å². The van der Waals surface area contributed by atoms with E-state index in [0.717, 1.165) is 96.3 Å². The number of carbonyl (C=O) groups excluding carboxylic acids is 2. The summed E-state index contributed by atoms with van der Waals surface area (Å²) in [5, 5.41) is 11.9. The third kappa shape index (κ3) is 35.2. The van der Waals surface area contributed by atoms with E-state index < -0.39 is 12.0 Å². The average molecular weight is 725 g/mol. The van der Waals surface area contributed by atoms with Crippen LogP contribution in [0.3, 0.4) is 0 Å². The molecule has 7 heteroatoms. The van der Waals surface area contributed by atoms with Gasteiger partial charge < -0.3 is 20.9 Å². The first-order chi connectivity index (χ1) is 25.4. The molecule has 0 aliphatic rings. The van der Waals surface area contributed by atoms with Crippen molar-refractivity contribution < 1.29 is 24.2 Å². The fraction of sp³-hybridized carbons (Fsp3) is 0.667. The quantitative estimate of drug-likeness (QED) is 0.0336. The van der Waals surface area contributed by atoms with E-state index in [-0.39, 0.29) is 18.0 Å². The van der Waals surface area contributed by atoms with Crippen molar-refractivity contribution in [1.29, 1.82) is 0 Å². The summed E-state index contributed by atoms with van der Waals surface area (Å²) in [7, 11) is 0. The molecule has 0 aliphatic heterocycles. The highest BCUT2D eigenvalue weighted by atomic mass is 16.5. The van der Waals surface area contributed by atoms with Gasteiger partial charge in [0.05, 0.1) is 0 Å². The minimum absolute atomic E-state index is 0.0378. The van der Waals surface area contributed by atoms with Gasteiger partial charge in [0, 0.05) is 12.8 Å². The van der Waals surface area contributed by atoms with Crippen LogP contribution in [0.5, 0.6) is 0 Å². The van der Waals surface area contributed by atoms with Crippen LogP contribution in [0.4, 0.5) is 0 Å². The molecule has 0 aromatic rings. The SMILES string of the molecule is CC/C=C\C/C=C\C/C=C\C/C=C\C/C=C\C/C=C\CCCCC(=O)OC(CCCCCCCC)CCCCCCC(=O)NC(CCCN)C(=O)O. The highest BCUT2D eigenvalue weighted by Crippen LogP contribution is 2.18. The highest BCUT2D eigenvalue weighted by molar-refractivity contribution is 5.83. The van der Waals surface area contributed by atoms with Crippen molar-refractivity contribution in [2.75, 3.05) is 6.54 Å². The zero-order valence-electron chi connectivity index (χ0n) is 33.1.